The fourth-order valence-corrected chi connectivity index (χ4v) is 9.11. The minimum absolute atomic E-state index is 0.00905. The molecule has 2 bridgehead atoms. The Kier molecular flexibility index (Phi) is 1.56. The number of benzene rings is 2. The Morgan fingerprint density at radius 3 is 1.45 bits per heavy atom. The standard InChI is InChI=1S/C21H17Cl/c22-21-18-14-13-15(19(21)16(13)18)17(14)20(21,11-7-3-1-4-8-11)12-9-5-2-6-10-12/h1-10,13-19H. The fraction of sp³-hybridized carbons (Fsp3) is 0.429. The van der Waals surface area contributed by atoms with Crippen LogP contribution in [-0.2, 0) is 5.41 Å². The van der Waals surface area contributed by atoms with E-state index in [0.717, 1.165) is 41.4 Å². The van der Waals surface area contributed by atoms with Crippen LogP contribution in [0.3, 0.4) is 0 Å². The molecule has 4 atom stereocenters. The average molecular weight is 305 g/mol. The van der Waals surface area contributed by atoms with Gasteiger partial charge in [0.2, 0.25) is 0 Å². The minimum atomic E-state index is 0.00905. The van der Waals surface area contributed by atoms with Crippen LogP contribution in [0, 0.1) is 41.4 Å². The summed E-state index contributed by atoms with van der Waals surface area (Å²) in [6.45, 7) is 0. The summed E-state index contributed by atoms with van der Waals surface area (Å²) in [5.74, 6) is 6.33. The van der Waals surface area contributed by atoms with Crippen LogP contribution < -0.4 is 0 Å². The molecule has 0 saturated heterocycles. The van der Waals surface area contributed by atoms with Crippen molar-refractivity contribution < 1.29 is 0 Å². The lowest BCUT2D eigenvalue weighted by molar-refractivity contribution is -0.370. The molecule has 0 nitrogen and oxygen atoms in total. The Morgan fingerprint density at radius 2 is 1.05 bits per heavy atom. The summed E-state index contributed by atoms with van der Waals surface area (Å²) in [6, 6.07) is 22.4. The van der Waals surface area contributed by atoms with Crippen LogP contribution in [0.15, 0.2) is 60.7 Å². The van der Waals surface area contributed by atoms with Crippen molar-refractivity contribution in [3.63, 3.8) is 0 Å². The molecule has 6 saturated carbocycles. The molecule has 0 amide bonds. The number of hydrogen-bond acceptors (Lipinski definition) is 0. The molecule has 0 aromatic heterocycles. The normalized spacial score (nSPS) is 52.9. The van der Waals surface area contributed by atoms with Gasteiger partial charge in [0.15, 0.2) is 0 Å². The van der Waals surface area contributed by atoms with Gasteiger partial charge in [0.25, 0.3) is 0 Å². The van der Waals surface area contributed by atoms with Crippen LogP contribution >= 0.6 is 11.6 Å². The first-order valence-electron chi connectivity index (χ1n) is 8.63. The molecule has 6 fully saturated rings. The van der Waals surface area contributed by atoms with Crippen molar-refractivity contribution in [1.82, 2.24) is 0 Å². The van der Waals surface area contributed by atoms with E-state index in [9.17, 15) is 0 Å². The summed E-state index contributed by atoms with van der Waals surface area (Å²) in [4.78, 5) is 0.00905. The third-order valence-electron chi connectivity index (χ3n) is 8.35. The number of alkyl halides is 1. The van der Waals surface area contributed by atoms with Gasteiger partial charge >= 0.3 is 0 Å². The Morgan fingerprint density at radius 1 is 0.591 bits per heavy atom. The van der Waals surface area contributed by atoms with Gasteiger partial charge in [-0.3, -0.25) is 0 Å². The summed E-state index contributed by atoms with van der Waals surface area (Å²) >= 11 is 7.53. The predicted molar refractivity (Wildman–Crippen MR) is 86.7 cm³/mol. The van der Waals surface area contributed by atoms with E-state index in [1.165, 1.54) is 11.1 Å². The molecular formula is C21H17Cl. The average Bonchev–Trinajstić information content (AvgIpc) is 2.70. The Labute approximate surface area is 135 Å². The van der Waals surface area contributed by atoms with Gasteiger partial charge in [0, 0.05) is 5.41 Å². The molecule has 4 unspecified atom stereocenters. The zero-order chi connectivity index (χ0) is 14.3. The Balaban J connectivity index is 1.58. The third-order valence-corrected chi connectivity index (χ3v) is 9.16. The highest BCUT2D eigenvalue weighted by atomic mass is 35.5. The SMILES string of the molecule is ClC12C3C4C5C(C4C1(c1ccccc1)c1ccccc1)C2C53. The summed E-state index contributed by atoms with van der Waals surface area (Å²) < 4.78 is 0. The smallest absolute Gasteiger partial charge is 0.0653 e. The van der Waals surface area contributed by atoms with Gasteiger partial charge in [0.1, 0.15) is 0 Å². The third kappa shape index (κ3) is 0.731. The second-order valence-electron chi connectivity index (χ2n) is 8.19. The van der Waals surface area contributed by atoms with Gasteiger partial charge in [-0.2, -0.15) is 0 Å². The molecule has 22 heavy (non-hydrogen) atoms. The molecule has 6 aliphatic rings. The van der Waals surface area contributed by atoms with E-state index in [4.69, 9.17) is 11.6 Å². The first kappa shape index (κ1) is 11.3. The van der Waals surface area contributed by atoms with E-state index in [2.05, 4.69) is 60.7 Å². The van der Waals surface area contributed by atoms with Crippen molar-refractivity contribution >= 4 is 11.6 Å². The van der Waals surface area contributed by atoms with E-state index < -0.39 is 0 Å². The molecule has 0 spiro atoms. The molecule has 6 aliphatic carbocycles. The molecule has 8 rings (SSSR count). The van der Waals surface area contributed by atoms with Gasteiger partial charge in [-0.1, -0.05) is 60.7 Å². The zero-order valence-electron chi connectivity index (χ0n) is 12.2. The van der Waals surface area contributed by atoms with E-state index in [0.29, 0.717) is 0 Å². The molecule has 0 N–H and O–H groups in total. The topological polar surface area (TPSA) is 0 Å². The van der Waals surface area contributed by atoms with Crippen LogP contribution in [0.25, 0.3) is 0 Å². The van der Waals surface area contributed by atoms with E-state index in [1.54, 1.807) is 0 Å². The quantitative estimate of drug-likeness (QED) is 0.724. The monoisotopic (exact) mass is 304 g/mol. The number of rotatable bonds is 2. The highest BCUT2D eigenvalue weighted by molar-refractivity contribution is 6.28. The van der Waals surface area contributed by atoms with Gasteiger partial charge in [-0.05, 0) is 52.6 Å². The first-order valence-corrected chi connectivity index (χ1v) is 9.00. The molecule has 1 heteroatoms. The number of halogens is 1. The maximum atomic E-state index is 7.53. The van der Waals surface area contributed by atoms with Gasteiger partial charge in [0.05, 0.1) is 4.87 Å². The Bertz CT molecular complexity index is 751. The molecule has 2 aromatic rings. The van der Waals surface area contributed by atoms with Crippen LogP contribution in [0.1, 0.15) is 11.1 Å². The van der Waals surface area contributed by atoms with Crippen LogP contribution in [0.2, 0.25) is 0 Å². The molecule has 0 aliphatic heterocycles. The van der Waals surface area contributed by atoms with E-state index >= 15 is 0 Å². The van der Waals surface area contributed by atoms with Crippen molar-refractivity contribution in [3.05, 3.63) is 71.8 Å². The van der Waals surface area contributed by atoms with Crippen LogP contribution in [0.5, 0.6) is 0 Å². The lowest BCUT2D eigenvalue weighted by Crippen LogP contribution is -2.86. The fourth-order valence-electron chi connectivity index (χ4n) is 8.19. The lowest BCUT2D eigenvalue weighted by Gasteiger charge is -2.86. The highest BCUT2D eigenvalue weighted by Gasteiger charge is 3.02. The highest BCUT2D eigenvalue weighted by Crippen LogP contribution is 3.01. The van der Waals surface area contributed by atoms with E-state index in [1.807, 2.05) is 0 Å². The maximum Gasteiger partial charge on any atom is 0.0653 e. The van der Waals surface area contributed by atoms with Crippen molar-refractivity contribution in [3.8, 4) is 0 Å². The summed E-state index contributed by atoms with van der Waals surface area (Å²) in [5.41, 5.74) is 3.02. The second-order valence-corrected chi connectivity index (χ2v) is 8.82. The molecule has 108 valence electrons. The molecule has 2 aromatic carbocycles. The van der Waals surface area contributed by atoms with Crippen molar-refractivity contribution in [2.24, 2.45) is 41.4 Å². The lowest BCUT2D eigenvalue weighted by atomic mass is 9.20. The maximum absolute atomic E-state index is 7.53. The molecule has 0 radical (unpaired) electrons. The van der Waals surface area contributed by atoms with Gasteiger partial charge < -0.3 is 0 Å². The van der Waals surface area contributed by atoms with Gasteiger partial charge in [-0.15, -0.1) is 11.6 Å². The summed E-state index contributed by atoms with van der Waals surface area (Å²) in [6.07, 6.45) is 0. The molecular weight excluding hydrogens is 288 g/mol. The summed E-state index contributed by atoms with van der Waals surface area (Å²) in [5, 5.41) is 0. The first-order chi connectivity index (χ1) is 10.8. The number of hydrogen-bond donors (Lipinski definition) is 0. The van der Waals surface area contributed by atoms with Crippen LogP contribution in [-0.4, -0.2) is 4.87 Å². The predicted octanol–water partition coefficient (Wildman–Crippen LogP) is 4.33. The second kappa shape index (κ2) is 3.04. The summed E-state index contributed by atoms with van der Waals surface area (Å²) in [7, 11) is 0. The van der Waals surface area contributed by atoms with Crippen molar-refractivity contribution in [2.75, 3.05) is 0 Å². The Hall–Kier alpha value is -1.27. The minimum Gasteiger partial charge on any atom is -0.117 e. The zero-order valence-corrected chi connectivity index (χ0v) is 12.9. The largest absolute Gasteiger partial charge is 0.117 e. The van der Waals surface area contributed by atoms with Gasteiger partial charge in [-0.25, -0.2) is 0 Å². The molecule has 0 heterocycles. The van der Waals surface area contributed by atoms with E-state index in [-0.39, 0.29) is 10.3 Å². The van der Waals surface area contributed by atoms with Crippen molar-refractivity contribution in [2.45, 2.75) is 10.3 Å². The van der Waals surface area contributed by atoms with Crippen molar-refractivity contribution in [1.29, 1.82) is 0 Å². The van der Waals surface area contributed by atoms with Crippen LogP contribution in [0.4, 0.5) is 0 Å².